The second-order valence-electron chi connectivity index (χ2n) is 11.2. The molecule has 4 aromatic rings. The number of nitrogens with one attached hydrogen (secondary N) is 1. The Hall–Kier alpha value is -3.52. The van der Waals surface area contributed by atoms with E-state index in [1.165, 1.54) is 19.2 Å². The summed E-state index contributed by atoms with van der Waals surface area (Å²) >= 11 is 0. The third kappa shape index (κ3) is 6.07. The van der Waals surface area contributed by atoms with Crippen LogP contribution in [0.4, 0.5) is 5.82 Å². The zero-order valence-electron chi connectivity index (χ0n) is 22.5. The lowest BCUT2D eigenvalue weighted by Crippen LogP contribution is -2.36. The molecule has 0 radical (unpaired) electrons. The zero-order chi connectivity index (χ0) is 27.0. The van der Waals surface area contributed by atoms with Crippen molar-refractivity contribution >= 4 is 21.6 Å². The fraction of sp³-hybridized carbons (Fsp3) is 0.345. The van der Waals surface area contributed by atoms with Crippen LogP contribution in [0.25, 0.3) is 16.9 Å². The molecule has 0 aliphatic carbocycles. The minimum absolute atomic E-state index is 0.0494. The topological polar surface area (TPSA) is 81.9 Å². The number of imidazole rings is 1. The van der Waals surface area contributed by atoms with E-state index in [1.54, 1.807) is 30.3 Å². The van der Waals surface area contributed by atoms with Gasteiger partial charge in [0.1, 0.15) is 33.6 Å². The quantitative estimate of drug-likeness (QED) is 0.259. The van der Waals surface area contributed by atoms with E-state index in [2.05, 4.69) is 44.3 Å². The molecule has 2 aromatic carbocycles. The number of nitrogens with zero attached hydrogens (tertiary/aromatic N) is 2. The van der Waals surface area contributed by atoms with E-state index in [9.17, 15) is 8.42 Å². The zero-order valence-corrected chi connectivity index (χ0v) is 23.3. The van der Waals surface area contributed by atoms with Gasteiger partial charge in [-0.05, 0) is 80.6 Å². The molecule has 4 rings (SSSR count). The molecule has 0 spiro atoms. The second kappa shape index (κ2) is 9.74. The number of aromatic nitrogens is 2. The van der Waals surface area contributed by atoms with Crippen molar-refractivity contribution in [2.24, 2.45) is 5.41 Å². The summed E-state index contributed by atoms with van der Waals surface area (Å²) in [4.78, 5) is 5.01. The highest BCUT2D eigenvalue weighted by molar-refractivity contribution is 7.87. The second-order valence-corrected chi connectivity index (χ2v) is 12.7. The van der Waals surface area contributed by atoms with Gasteiger partial charge in [0.2, 0.25) is 0 Å². The number of ether oxygens (including phenoxy) is 1. The van der Waals surface area contributed by atoms with Crippen LogP contribution in [-0.2, 0) is 10.1 Å². The van der Waals surface area contributed by atoms with Crippen molar-refractivity contribution in [2.75, 3.05) is 12.4 Å². The molecule has 196 valence electrons. The summed E-state index contributed by atoms with van der Waals surface area (Å²) in [6.45, 7) is 13.0. The van der Waals surface area contributed by atoms with Crippen molar-refractivity contribution in [1.82, 2.24) is 9.38 Å². The van der Waals surface area contributed by atoms with E-state index < -0.39 is 10.1 Å². The van der Waals surface area contributed by atoms with Gasteiger partial charge < -0.3 is 14.2 Å². The first-order valence-corrected chi connectivity index (χ1v) is 13.6. The van der Waals surface area contributed by atoms with E-state index in [-0.39, 0.29) is 21.6 Å². The number of anilines is 1. The van der Waals surface area contributed by atoms with E-state index in [1.807, 2.05) is 31.3 Å². The van der Waals surface area contributed by atoms with E-state index in [4.69, 9.17) is 13.9 Å². The van der Waals surface area contributed by atoms with Gasteiger partial charge in [0, 0.05) is 17.3 Å². The Morgan fingerprint density at radius 2 is 1.65 bits per heavy atom. The number of hydrogen-bond acceptors (Lipinski definition) is 6. The number of hydrogen-bond donors (Lipinski definition) is 1. The molecule has 7 nitrogen and oxygen atoms in total. The summed E-state index contributed by atoms with van der Waals surface area (Å²) in [7, 11) is -2.50. The minimum atomic E-state index is -4.02. The molecule has 2 aromatic heterocycles. The van der Waals surface area contributed by atoms with E-state index in [0.717, 1.165) is 34.7 Å². The highest BCUT2D eigenvalue weighted by Gasteiger charge is 2.28. The van der Waals surface area contributed by atoms with Gasteiger partial charge >= 0.3 is 10.1 Å². The van der Waals surface area contributed by atoms with Crippen LogP contribution in [0.1, 0.15) is 46.6 Å². The number of benzene rings is 2. The van der Waals surface area contributed by atoms with Crippen LogP contribution in [0.2, 0.25) is 0 Å². The van der Waals surface area contributed by atoms with Crippen molar-refractivity contribution in [3.8, 4) is 22.8 Å². The van der Waals surface area contributed by atoms with Gasteiger partial charge in [0.05, 0.1) is 7.11 Å². The average Bonchev–Trinajstić information content (AvgIpc) is 3.16. The molecule has 1 N–H and O–H groups in total. The van der Waals surface area contributed by atoms with Crippen LogP contribution in [-0.4, -0.2) is 30.5 Å². The molecule has 0 saturated carbocycles. The molecular formula is C29H35N3O4S. The molecule has 0 aliphatic rings. The molecule has 0 unspecified atom stereocenters. The highest BCUT2D eigenvalue weighted by atomic mass is 32.2. The maximum absolute atomic E-state index is 12.9. The van der Waals surface area contributed by atoms with Gasteiger partial charge in [0.15, 0.2) is 0 Å². The van der Waals surface area contributed by atoms with Crippen LogP contribution in [0.5, 0.6) is 11.5 Å². The maximum atomic E-state index is 12.9. The van der Waals surface area contributed by atoms with Crippen LogP contribution in [0, 0.1) is 12.3 Å². The molecule has 8 heteroatoms. The average molecular weight is 522 g/mol. The number of rotatable bonds is 8. The molecule has 0 bridgehead atoms. The van der Waals surface area contributed by atoms with Gasteiger partial charge in [-0.2, -0.15) is 8.42 Å². The predicted octanol–water partition coefficient (Wildman–Crippen LogP) is 6.71. The lowest BCUT2D eigenvalue weighted by atomic mass is 9.82. The summed E-state index contributed by atoms with van der Waals surface area (Å²) in [5, 5.41) is 3.73. The normalized spacial score (nSPS) is 12.5. The summed E-state index contributed by atoms with van der Waals surface area (Å²) in [5.74, 6) is 1.63. The van der Waals surface area contributed by atoms with Crippen LogP contribution < -0.4 is 14.2 Å². The summed E-state index contributed by atoms with van der Waals surface area (Å²) < 4.78 is 38.5. The van der Waals surface area contributed by atoms with Gasteiger partial charge in [0.25, 0.3) is 0 Å². The van der Waals surface area contributed by atoms with Crippen molar-refractivity contribution in [3.63, 3.8) is 0 Å². The van der Waals surface area contributed by atoms with Crippen molar-refractivity contribution in [2.45, 2.75) is 58.4 Å². The lowest BCUT2D eigenvalue weighted by molar-refractivity contribution is 0.302. The number of fused-ring (bicyclic) bond motifs is 1. The summed E-state index contributed by atoms with van der Waals surface area (Å²) in [5.41, 5.74) is 3.25. The molecular weight excluding hydrogens is 486 g/mol. The third-order valence-corrected chi connectivity index (χ3v) is 7.20. The largest absolute Gasteiger partial charge is 0.497 e. The predicted molar refractivity (Wildman–Crippen MR) is 148 cm³/mol. The van der Waals surface area contributed by atoms with Crippen LogP contribution in [0.3, 0.4) is 0 Å². The highest BCUT2D eigenvalue weighted by Crippen LogP contribution is 2.36. The van der Waals surface area contributed by atoms with Gasteiger partial charge in [-0.1, -0.05) is 39.0 Å². The van der Waals surface area contributed by atoms with Gasteiger partial charge in [-0.3, -0.25) is 4.40 Å². The molecule has 0 amide bonds. The van der Waals surface area contributed by atoms with Crippen molar-refractivity contribution in [3.05, 3.63) is 72.4 Å². The molecule has 2 heterocycles. The monoisotopic (exact) mass is 521 g/mol. The Balaban J connectivity index is 1.74. The van der Waals surface area contributed by atoms with Gasteiger partial charge in [-0.15, -0.1) is 0 Å². The Morgan fingerprint density at radius 3 is 2.30 bits per heavy atom. The summed E-state index contributed by atoms with van der Waals surface area (Å²) in [6, 6.07) is 17.1. The maximum Gasteiger partial charge on any atom is 0.339 e. The summed E-state index contributed by atoms with van der Waals surface area (Å²) in [6.07, 6.45) is 2.92. The fourth-order valence-electron chi connectivity index (χ4n) is 4.83. The number of aryl methyl sites for hydroxylation is 1. The molecule has 0 aliphatic heterocycles. The van der Waals surface area contributed by atoms with E-state index >= 15 is 0 Å². The molecule has 0 saturated heterocycles. The molecule has 0 fully saturated rings. The van der Waals surface area contributed by atoms with Crippen molar-refractivity contribution < 1.29 is 17.3 Å². The fourth-order valence-corrected chi connectivity index (χ4v) is 5.75. The number of methoxy groups -OCH3 is 1. The Morgan fingerprint density at radius 1 is 0.946 bits per heavy atom. The molecule has 37 heavy (non-hydrogen) atoms. The minimum Gasteiger partial charge on any atom is -0.497 e. The smallest absolute Gasteiger partial charge is 0.339 e. The van der Waals surface area contributed by atoms with Crippen LogP contribution >= 0.6 is 0 Å². The lowest BCUT2D eigenvalue weighted by Gasteiger charge is -2.34. The van der Waals surface area contributed by atoms with Gasteiger partial charge in [-0.25, -0.2) is 4.98 Å². The van der Waals surface area contributed by atoms with Crippen molar-refractivity contribution in [1.29, 1.82) is 0 Å². The Kier molecular flexibility index (Phi) is 6.99. The first kappa shape index (κ1) is 26.5. The Bertz CT molecular complexity index is 1520. The molecule has 0 atom stereocenters. The SMILES string of the molecule is COc1ccc(S(=O)(=O)Oc2cccc(-c3nc4c(C)cccn4c3NC(C)(C)CC(C)(C)C)c2)cc1. The first-order valence-electron chi connectivity index (χ1n) is 12.2. The van der Waals surface area contributed by atoms with Crippen LogP contribution in [0.15, 0.2) is 71.8 Å². The van der Waals surface area contributed by atoms with E-state index in [0.29, 0.717) is 5.75 Å². The number of pyridine rings is 1. The standard InChI is InChI=1S/C29H35N3O4S/c1-20-10-9-17-32-26(20)30-25(27(32)31-29(5,6)19-28(2,3)4)21-11-8-12-23(18-21)36-37(33,34)24-15-13-22(35-7)14-16-24/h8-18,31H,19H2,1-7H3. The third-order valence-electron chi connectivity index (χ3n) is 5.94. The Labute approximate surface area is 219 Å². The first-order chi connectivity index (χ1) is 17.3.